The Balaban J connectivity index is 4.24. The molecule has 6 heteroatoms. The Bertz CT molecular complexity index is 1320. The van der Waals surface area contributed by atoms with Crippen molar-refractivity contribution in [3.8, 4) is 0 Å². The van der Waals surface area contributed by atoms with Crippen molar-refractivity contribution in [1.82, 2.24) is 0 Å². The number of unbranched alkanes of at least 4 members (excludes halogenated alkanes) is 49. The summed E-state index contributed by atoms with van der Waals surface area (Å²) in [4.78, 5) is 38.4. The second-order valence-corrected chi connectivity index (χ2v) is 24.1. The highest BCUT2D eigenvalue weighted by Gasteiger charge is 2.19. The molecule has 0 aromatic heterocycles. The molecule has 0 amide bonds. The number of hydrogen-bond acceptors (Lipinski definition) is 6. The molecule has 0 aromatic carbocycles. The van der Waals surface area contributed by atoms with Gasteiger partial charge in [-0.1, -0.05) is 333 Å². The minimum absolute atomic E-state index is 0.0671. The third-order valence-electron chi connectivity index (χ3n) is 16.1. The van der Waals surface area contributed by atoms with E-state index in [1.165, 1.54) is 289 Å². The lowest BCUT2D eigenvalue weighted by atomic mass is 10.0. The van der Waals surface area contributed by atoms with Gasteiger partial charge in [-0.2, -0.15) is 0 Å². The first-order valence-corrected chi connectivity index (χ1v) is 35.5. The van der Waals surface area contributed by atoms with Crippen LogP contribution in [0, 0.1) is 0 Å². The Morgan fingerprint density at radius 3 is 0.709 bits per heavy atom. The molecule has 1 unspecified atom stereocenters. The molecule has 79 heavy (non-hydrogen) atoms. The maximum absolute atomic E-state index is 12.9. The summed E-state index contributed by atoms with van der Waals surface area (Å²) in [5.41, 5.74) is 0. The molecule has 0 N–H and O–H groups in total. The Kier molecular flexibility index (Phi) is 66.1. The molecule has 464 valence electrons. The first-order valence-electron chi connectivity index (χ1n) is 35.5. The van der Waals surface area contributed by atoms with E-state index in [1.54, 1.807) is 0 Å². The third kappa shape index (κ3) is 66.3. The first-order chi connectivity index (χ1) is 39.0. The molecule has 0 saturated carbocycles. The molecule has 0 rings (SSSR count). The van der Waals surface area contributed by atoms with Crippen molar-refractivity contribution < 1.29 is 28.6 Å². The van der Waals surface area contributed by atoms with Gasteiger partial charge in [-0.05, 0) is 77.0 Å². The van der Waals surface area contributed by atoms with Crippen molar-refractivity contribution in [1.29, 1.82) is 0 Å². The first kappa shape index (κ1) is 76.6. The van der Waals surface area contributed by atoms with Crippen molar-refractivity contribution in [3.05, 3.63) is 36.5 Å². The summed E-state index contributed by atoms with van der Waals surface area (Å²) in [7, 11) is 0. The Hall–Kier alpha value is -2.37. The Morgan fingerprint density at radius 1 is 0.253 bits per heavy atom. The molecule has 0 saturated heterocycles. The lowest BCUT2D eigenvalue weighted by Crippen LogP contribution is -2.30. The summed E-state index contributed by atoms with van der Waals surface area (Å²) in [5, 5.41) is 0. The number of carbonyl (C=O) groups is 3. The lowest BCUT2D eigenvalue weighted by molar-refractivity contribution is -0.167. The van der Waals surface area contributed by atoms with E-state index in [1.807, 2.05) is 0 Å². The highest BCUT2D eigenvalue weighted by molar-refractivity contribution is 5.71. The summed E-state index contributed by atoms with van der Waals surface area (Å²) >= 11 is 0. The average molecular weight is 1110 g/mol. The van der Waals surface area contributed by atoms with Crippen LogP contribution in [0.4, 0.5) is 0 Å². The smallest absolute Gasteiger partial charge is 0.306 e. The number of rotatable bonds is 66. The van der Waals surface area contributed by atoms with Gasteiger partial charge in [0.05, 0.1) is 0 Å². The molecule has 1 atom stereocenters. The number of allylic oxidation sites excluding steroid dienone is 6. The maximum atomic E-state index is 12.9. The maximum Gasteiger partial charge on any atom is 0.306 e. The zero-order chi connectivity index (χ0) is 57.1. The molecule has 0 fully saturated rings. The fourth-order valence-corrected chi connectivity index (χ4v) is 10.8. The van der Waals surface area contributed by atoms with Gasteiger partial charge in [-0.15, -0.1) is 0 Å². The fourth-order valence-electron chi connectivity index (χ4n) is 10.8. The van der Waals surface area contributed by atoms with Crippen LogP contribution in [0.3, 0.4) is 0 Å². The van der Waals surface area contributed by atoms with Gasteiger partial charge in [0.15, 0.2) is 6.10 Å². The zero-order valence-corrected chi connectivity index (χ0v) is 53.4. The van der Waals surface area contributed by atoms with Crippen LogP contribution in [-0.4, -0.2) is 37.2 Å². The van der Waals surface area contributed by atoms with Crippen LogP contribution in [-0.2, 0) is 28.6 Å². The number of ether oxygens (including phenoxy) is 3. The highest BCUT2D eigenvalue weighted by atomic mass is 16.6. The van der Waals surface area contributed by atoms with Gasteiger partial charge in [0, 0.05) is 19.3 Å². The summed E-state index contributed by atoms with van der Waals surface area (Å²) in [6, 6.07) is 0. The second kappa shape index (κ2) is 68.1. The SMILES string of the molecule is CCCCCCC/C=C\C/C=C\CCCCCCCCCCCCCCCCCC(=O)OCC(COC(=O)CCCCCCCCCCCCCCCCC)OC(=O)CCCCCCCCCCC/C=C\CCCCCCCC. The summed E-state index contributed by atoms with van der Waals surface area (Å²) < 4.78 is 17.0. The van der Waals surface area contributed by atoms with Gasteiger partial charge in [0.2, 0.25) is 0 Å². The third-order valence-corrected chi connectivity index (χ3v) is 16.1. The number of carbonyl (C=O) groups excluding carboxylic acids is 3. The Morgan fingerprint density at radius 2 is 0.456 bits per heavy atom. The number of hydrogen-bond donors (Lipinski definition) is 0. The van der Waals surface area contributed by atoms with Crippen molar-refractivity contribution in [2.45, 2.75) is 399 Å². The van der Waals surface area contributed by atoms with Gasteiger partial charge in [-0.3, -0.25) is 14.4 Å². The van der Waals surface area contributed by atoms with Crippen LogP contribution >= 0.6 is 0 Å². The van der Waals surface area contributed by atoms with E-state index < -0.39 is 6.10 Å². The van der Waals surface area contributed by atoms with Gasteiger partial charge in [0.25, 0.3) is 0 Å². The van der Waals surface area contributed by atoms with Gasteiger partial charge in [-0.25, -0.2) is 0 Å². The normalized spacial score (nSPS) is 12.2. The van der Waals surface area contributed by atoms with E-state index in [4.69, 9.17) is 14.2 Å². The van der Waals surface area contributed by atoms with Crippen LogP contribution in [0.1, 0.15) is 393 Å². The van der Waals surface area contributed by atoms with E-state index in [2.05, 4.69) is 57.2 Å². The topological polar surface area (TPSA) is 78.9 Å². The molecule has 0 aliphatic heterocycles. The monoisotopic (exact) mass is 1110 g/mol. The second-order valence-electron chi connectivity index (χ2n) is 24.1. The van der Waals surface area contributed by atoms with Crippen LogP contribution in [0.25, 0.3) is 0 Å². The predicted molar refractivity (Wildman–Crippen MR) is 344 cm³/mol. The molecule has 0 aliphatic carbocycles. The fraction of sp³-hybridized carbons (Fsp3) is 0.877. The number of esters is 3. The minimum atomic E-state index is -0.771. The highest BCUT2D eigenvalue weighted by Crippen LogP contribution is 2.18. The van der Waals surface area contributed by atoms with Gasteiger partial charge >= 0.3 is 17.9 Å². The largest absolute Gasteiger partial charge is 0.462 e. The van der Waals surface area contributed by atoms with E-state index in [0.29, 0.717) is 19.3 Å². The van der Waals surface area contributed by atoms with E-state index in [0.717, 1.165) is 64.2 Å². The molecule has 6 nitrogen and oxygen atoms in total. The molecular formula is C73H136O6. The quantitative estimate of drug-likeness (QED) is 0.0261. The average Bonchev–Trinajstić information content (AvgIpc) is 3.45. The molecule has 0 heterocycles. The Labute approximate surface area is 493 Å². The molecule has 0 spiro atoms. The van der Waals surface area contributed by atoms with Gasteiger partial charge in [0.1, 0.15) is 13.2 Å². The summed E-state index contributed by atoms with van der Waals surface area (Å²) in [6.07, 6.45) is 84.5. The minimum Gasteiger partial charge on any atom is -0.462 e. The molecule has 0 bridgehead atoms. The van der Waals surface area contributed by atoms with Gasteiger partial charge < -0.3 is 14.2 Å². The van der Waals surface area contributed by atoms with Crippen LogP contribution in [0.2, 0.25) is 0 Å². The lowest BCUT2D eigenvalue weighted by Gasteiger charge is -2.18. The summed E-state index contributed by atoms with van der Waals surface area (Å²) in [6.45, 7) is 6.70. The van der Waals surface area contributed by atoms with Crippen LogP contribution in [0.15, 0.2) is 36.5 Å². The molecule has 0 aromatic rings. The molecule has 0 aliphatic rings. The van der Waals surface area contributed by atoms with Crippen LogP contribution < -0.4 is 0 Å². The van der Waals surface area contributed by atoms with Crippen LogP contribution in [0.5, 0.6) is 0 Å². The van der Waals surface area contributed by atoms with Crippen molar-refractivity contribution in [3.63, 3.8) is 0 Å². The zero-order valence-electron chi connectivity index (χ0n) is 53.4. The standard InChI is InChI=1S/C73H136O6/c1-4-7-10-13-16-19-22-25-28-30-32-33-34-35-36-37-38-39-41-42-45-48-51-54-57-60-63-66-72(75)78-69-70(68-77-71(74)65-62-59-56-53-50-47-44-27-24-21-18-15-12-9-6-3)79-73(76)67-64-61-58-55-52-49-46-43-40-31-29-26-23-20-17-14-11-8-5-2/h22,25-26,29-30,32,70H,4-21,23-24,27-28,31,33-69H2,1-3H3/b25-22-,29-26-,32-30-. The summed E-state index contributed by atoms with van der Waals surface area (Å²) in [5.74, 6) is -0.839. The predicted octanol–water partition coefficient (Wildman–Crippen LogP) is 24.3. The van der Waals surface area contributed by atoms with E-state index in [9.17, 15) is 14.4 Å². The van der Waals surface area contributed by atoms with Crippen molar-refractivity contribution >= 4 is 17.9 Å². The molecule has 0 radical (unpaired) electrons. The van der Waals surface area contributed by atoms with E-state index >= 15 is 0 Å². The van der Waals surface area contributed by atoms with Crippen molar-refractivity contribution in [2.24, 2.45) is 0 Å². The van der Waals surface area contributed by atoms with E-state index in [-0.39, 0.29) is 31.1 Å². The molecular weight excluding hydrogens is 973 g/mol. The van der Waals surface area contributed by atoms with Crippen molar-refractivity contribution in [2.75, 3.05) is 13.2 Å².